The highest BCUT2D eigenvalue weighted by Gasteiger charge is 2.17. The maximum absolute atomic E-state index is 11.2. The second-order valence-corrected chi connectivity index (χ2v) is 2.98. The zero-order chi connectivity index (χ0) is 8.27. The maximum Gasteiger partial charge on any atom is 0.222 e. The van der Waals surface area contributed by atoms with Crippen LogP contribution < -0.4 is 4.90 Å². The molecule has 0 radical (unpaired) electrons. The number of nitrogens with zero attached hydrogens (tertiary/aromatic N) is 1. The molecule has 3 heteroatoms. The van der Waals surface area contributed by atoms with Crippen LogP contribution >= 0.6 is 0 Å². The second kappa shape index (κ2) is 3.72. The standard InChI is InChI=1S/C8H16N2O/c1-3-8(11)10-6-4-9(2)5-7-10/h9H,2-7H2,1H3. The lowest BCUT2D eigenvalue weighted by molar-refractivity contribution is -0.858. The number of hydrogen-bond donors (Lipinski definition) is 1. The molecule has 1 aliphatic rings. The average molecular weight is 156 g/mol. The fraction of sp³-hybridized carbons (Fsp3) is 0.750. The van der Waals surface area contributed by atoms with Gasteiger partial charge in [0.15, 0.2) is 0 Å². The zero-order valence-electron chi connectivity index (χ0n) is 7.10. The van der Waals surface area contributed by atoms with Crippen LogP contribution in [0.25, 0.3) is 0 Å². The molecule has 0 unspecified atom stereocenters. The van der Waals surface area contributed by atoms with E-state index in [1.54, 1.807) is 0 Å². The van der Waals surface area contributed by atoms with Crippen LogP contribution in [0, 0.1) is 7.05 Å². The number of piperazine rings is 1. The van der Waals surface area contributed by atoms with Crippen molar-refractivity contribution >= 4 is 5.91 Å². The van der Waals surface area contributed by atoms with Crippen LogP contribution in [-0.4, -0.2) is 37.0 Å². The van der Waals surface area contributed by atoms with Gasteiger partial charge in [0.1, 0.15) is 0 Å². The van der Waals surface area contributed by atoms with Gasteiger partial charge in [-0.1, -0.05) is 6.92 Å². The fourth-order valence-electron chi connectivity index (χ4n) is 1.30. The summed E-state index contributed by atoms with van der Waals surface area (Å²) in [7, 11) is 3.90. The SMILES string of the molecule is [CH2-][NH+]1CCN(C(=O)CC)CC1. The molecular weight excluding hydrogens is 140 g/mol. The van der Waals surface area contributed by atoms with Crippen molar-refractivity contribution in [2.45, 2.75) is 13.3 Å². The van der Waals surface area contributed by atoms with Crippen LogP contribution in [0.1, 0.15) is 13.3 Å². The van der Waals surface area contributed by atoms with E-state index in [4.69, 9.17) is 0 Å². The lowest BCUT2D eigenvalue weighted by atomic mass is 10.3. The van der Waals surface area contributed by atoms with E-state index >= 15 is 0 Å². The van der Waals surface area contributed by atoms with Crippen molar-refractivity contribution in [3.05, 3.63) is 7.05 Å². The highest BCUT2D eigenvalue weighted by atomic mass is 16.2. The van der Waals surface area contributed by atoms with Gasteiger partial charge in [-0.15, -0.1) is 0 Å². The van der Waals surface area contributed by atoms with Crippen molar-refractivity contribution in [1.82, 2.24) is 4.90 Å². The number of amides is 1. The normalized spacial score (nSPS) is 20.4. The highest BCUT2D eigenvalue weighted by molar-refractivity contribution is 5.75. The molecule has 1 amide bonds. The Labute approximate surface area is 68.0 Å². The summed E-state index contributed by atoms with van der Waals surface area (Å²) >= 11 is 0. The summed E-state index contributed by atoms with van der Waals surface area (Å²) < 4.78 is 0. The molecular formula is C8H16N2O. The van der Waals surface area contributed by atoms with Gasteiger partial charge in [0, 0.05) is 6.42 Å². The third kappa shape index (κ3) is 2.19. The molecule has 0 saturated carbocycles. The first kappa shape index (κ1) is 8.53. The van der Waals surface area contributed by atoms with Gasteiger partial charge in [0.25, 0.3) is 0 Å². The quantitative estimate of drug-likeness (QED) is 0.480. The van der Waals surface area contributed by atoms with Crippen LogP contribution in [0.3, 0.4) is 0 Å². The van der Waals surface area contributed by atoms with E-state index in [1.165, 1.54) is 4.90 Å². The molecule has 1 saturated heterocycles. The number of hydrogen-bond acceptors (Lipinski definition) is 1. The molecule has 64 valence electrons. The number of nitrogens with one attached hydrogen (secondary N) is 1. The third-order valence-corrected chi connectivity index (χ3v) is 2.13. The monoisotopic (exact) mass is 156 g/mol. The zero-order valence-corrected chi connectivity index (χ0v) is 7.10. The number of carbonyl (C=O) groups is 1. The first-order chi connectivity index (χ1) is 5.24. The van der Waals surface area contributed by atoms with Crippen LogP contribution in [-0.2, 0) is 4.79 Å². The van der Waals surface area contributed by atoms with Crippen molar-refractivity contribution < 1.29 is 9.69 Å². The minimum Gasteiger partial charge on any atom is -0.465 e. The Morgan fingerprint density at radius 2 is 2.09 bits per heavy atom. The van der Waals surface area contributed by atoms with Crippen molar-refractivity contribution in [3.8, 4) is 0 Å². The molecule has 0 atom stereocenters. The van der Waals surface area contributed by atoms with Gasteiger partial charge in [0.2, 0.25) is 5.91 Å². The third-order valence-electron chi connectivity index (χ3n) is 2.13. The van der Waals surface area contributed by atoms with E-state index in [1.807, 2.05) is 11.8 Å². The smallest absolute Gasteiger partial charge is 0.222 e. The lowest BCUT2D eigenvalue weighted by Gasteiger charge is -2.33. The Balaban J connectivity index is 2.33. The summed E-state index contributed by atoms with van der Waals surface area (Å²) in [4.78, 5) is 14.4. The molecule has 0 aliphatic carbocycles. The Bertz CT molecular complexity index is 139. The van der Waals surface area contributed by atoms with Gasteiger partial charge in [-0.25, -0.2) is 0 Å². The predicted octanol–water partition coefficient (Wildman–Crippen LogP) is -1.08. The van der Waals surface area contributed by atoms with E-state index < -0.39 is 0 Å². The first-order valence-corrected chi connectivity index (χ1v) is 4.18. The van der Waals surface area contributed by atoms with Crippen molar-refractivity contribution in [1.29, 1.82) is 0 Å². The Morgan fingerprint density at radius 1 is 1.55 bits per heavy atom. The van der Waals surface area contributed by atoms with E-state index in [0.717, 1.165) is 26.2 Å². The average Bonchev–Trinajstić information content (AvgIpc) is 2.05. The fourth-order valence-corrected chi connectivity index (χ4v) is 1.30. The largest absolute Gasteiger partial charge is 0.465 e. The minimum atomic E-state index is 0.275. The molecule has 0 bridgehead atoms. The van der Waals surface area contributed by atoms with Crippen LogP contribution in [0.15, 0.2) is 0 Å². The van der Waals surface area contributed by atoms with Gasteiger partial charge < -0.3 is 9.80 Å². The van der Waals surface area contributed by atoms with E-state index in [2.05, 4.69) is 7.05 Å². The molecule has 0 spiro atoms. The predicted molar refractivity (Wildman–Crippen MR) is 42.9 cm³/mol. The number of rotatable bonds is 1. The van der Waals surface area contributed by atoms with Crippen LogP contribution in [0.5, 0.6) is 0 Å². The van der Waals surface area contributed by atoms with Gasteiger partial charge >= 0.3 is 0 Å². The summed E-state index contributed by atoms with van der Waals surface area (Å²) in [5.41, 5.74) is 0. The molecule has 0 aromatic rings. The molecule has 3 nitrogen and oxygen atoms in total. The van der Waals surface area contributed by atoms with E-state index in [0.29, 0.717) is 6.42 Å². The lowest BCUT2D eigenvalue weighted by Crippen LogP contribution is -3.10. The molecule has 1 fully saturated rings. The molecule has 1 N–H and O–H groups in total. The topological polar surface area (TPSA) is 24.8 Å². The Morgan fingerprint density at radius 3 is 2.55 bits per heavy atom. The second-order valence-electron chi connectivity index (χ2n) is 2.98. The molecule has 1 heterocycles. The minimum absolute atomic E-state index is 0.275. The van der Waals surface area contributed by atoms with E-state index in [-0.39, 0.29) is 5.91 Å². The summed E-state index contributed by atoms with van der Waals surface area (Å²) in [5.74, 6) is 0.275. The molecule has 11 heavy (non-hydrogen) atoms. The van der Waals surface area contributed by atoms with Gasteiger partial charge in [0.05, 0.1) is 26.2 Å². The maximum atomic E-state index is 11.2. The summed E-state index contributed by atoms with van der Waals surface area (Å²) in [6, 6.07) is 0. The summed E-state index contributed by atoms with van der Waals surface area (Å²) in [5, 5.41) is 0. The van der Waals surface area contributed by atoms with E-state index in [9.17, 15) is 4.79 Å². The van der Waals surface area contributed by atoms with Gasteiger partial charge in [-0.2, -0.15) is 7.05 Å². The molecule has 0 aromatic carbocycles. The summed E-state index contributed by atoms with van der Waals surface area (Å²) in [6.45, 7) is 5.65. The highest BCUT2D eigenvalue weighted by Crippen LogP contribution is 1.93. The first-order valence-electron chi connectivity index (χ1n) is 4.18. The van der Waals surface area contributed by atoms with Crippen molar-refractivity contribution in [3.63, 3.8) is 0 Å². The van der Waals surface area contributed by atoms with Gasteiger partial charge in [-0.05, 0) is 0 Å². The Hall–Kier alpha value is -0.570. The molecule has 0 aromatic heterocycles. The number of carbonyl (C=O) groups excluding carboxylic acids is 1. The van der Waals surface area contributed by atoms with Gasteiger partial charge in [-0.3, -0.25) is 4.79 Å². The van der Waals surface area contributed by atoms with Crippen LogP contribution in [0.4, 0.5) is 0 Å². The Kier molecular flexibility index (Phi) is 2.88. The summed E-state index contributed by atoms with van der Waals surface area (Å²) in [6.07, 6.45) is 0.631. The number of quaternary nitrogens is 1. The van der Waals surface area contributed by atoms with Crippen molar-refractivity contribution in [2.24, 2.45) is 0 Å². The molecule has 1 rings (SSSR count). The van der Waals surface area contributed by atoms with Crippen LogP contribution in [0.2, 0.25) is 0 Å². The van der Waals surface area contributed by atoms with Crippen molar-refractivity contribution in [2.75, 3.05) is 26.2 Å². The molecule has 1 aliphatic heterocycles.